The van der Waals surface area contributed by atoms with E-state index >= 15 is 0 Å². The van der Waals surface area contributed by atoms with Crippen LogP contribution >= 0.6 is 0 Å². The van der Waals surface area contributed by atoms with Crippen molar-refractivity contribution in [3.8, 4) is 5.75 Å². The predicted molar refractivity (Wildman–Crippen MR) is 85.3 cm³/mol. The van der Waals surface area contributed by atoms with Gasteiger partial charge in [-0.3, -0.25) is 4.99 Å². The lowest BCUT2D eigenvalue weighted by molar-refractivity contribution is 0.408. The van der Waals surface area contributed by atoms with Crippen LogP contribution in [0.3, 0.4) is 0 Å². The highest BCUT2D eigenvalue weighted by Gasteiger charge is 2.07. The number of rotatable bonds is 7. The zero-order valence-corrected chi connectivity index (χ0v) is 12.7. The molecule has 0 fully saturated rings. The van der Waals surface area contributed by atoms with E-state index in [2.05, 4.69) is 27.9 Å². The minimum absolute atomic E-state index is 0.697. The van der Waals surface area contributed by atoms with Crippen molar-refractivity contribution in [2.24, 2.45) is 4.99 Å². The Labute approximate surface area is 122 Å². The largest absolute Gasteiger partial charge is 0.496 e. The first-order valence-electron chi connectivity index (χ1n) is 6.87. The Morgan fingerprint density at radius 1 is 1.45 bits per heavy atom. The van der Waals surface area contributed by atoms with Crippen LogP contribution in [0.25, 0.3) is 0 Å². The van der Waals surface area contributed by atoms with Crippen LogP contribution in [-0.2, 0) is 6.54 Å². The van der Waals surface area contributed by atoms with Crippen LogP contribution in [0.5, 0.6) is 5.75 Å². The van der Waals surface area contributed by atoms with Crippen LogP contribution in [0.15, 0.2) is 41.9 Å². The third-order valence-corrected chi connectivity index (χ3v) is 3.10. The van der Waals surface area contributed by atoms with Crippen molar-refractivity contribution in [1.82, 2.24) is 10.2 Å². The fourth-order valence-electron chi connectivity index (χ4n) is 1.99. The molecular weight excluding hydrogens is 250 g/mol. The molecule has 1 N–H and O–H groups in total. The fourth-order valence-corrected chi connectivity index (χ4v) is 1.99. The van der Waals surface area contributed by atoms with Gasteiger partial charge in [-0.2, -0.15) is 0 Å². The Balaban J connectivity index is 2.54. The average Bonchev–Trinajstić information content (AvgIpc) is 2.48. The molecule has 0 aliphatic rings. The molecule has 4 heteroatoms. The lowest BCUT2D eigenvalue weighted by Gasteiger charge is -2.22. The Bertz CT molecular complexity index is 443. The van der Waals surface area contributed by atoms with Crippen molar-refractivity contribution < 1.29 is 4.74 Å². The number of ether oxygens (including phenoxy) is 1. The summed E-state index contributed by atoms with van der Waals surface area (Å²) in [4.78, 5) is 6.43. The molecule has 0 heterocycles. The van der Waals surface area contributed by atoms with E-state index in [1.54, 1.807) is 14.2 Å². The van der Waals surface area contributed by atoms with Crippen LogP contribution in [0.2, 0.25) is 0 Å². The Hall–Kier alpha value is -1.97. The molecule has 0 bridgehead atoms. The summed E-state index contributed by atoms with van der Waals surface area (Å²) in [6.45, 7) is 5.39. The van der Waals surface area contributed by atoms with Crippen LogP contribution in [0, 0.1) is 0 Å². The molecular formula is C16H25N3O. The Morgan fingerprint density at radius 2 is 2.20 bits per heavy atom. The summed E-state index contributed by atoms with van der Waals surface area (Å²) in [7, 11) is 5.53. The summed E-state index contributed by atoms with van der Waals surface area (Å²) < 4.78 is 5.35. The van der Waals surface area contributed by atoms with E-state index in [0.29, 0.717) is 6.54 Å². The molecule has 0 aromatic heterocycles. The first kappa shape index (κ1) is 16.1. The van der Waals surface area contributed by atoms with Crippen LogP contribution in [0.1, 0.15) is 18.4 Å². The third-order valence-electron chi connectivity index (χ3n) is 3.10. The monoisotopic (exact) mass is 275 g/mol. The number of hydrogen-bond acceptors (Lipinski definition) is 2. The number of nitrogens with zero attached hydrogens (tertiary/aromatic N) is 2. The van der Waals surface area contributed by atoms with Gasteiger partial charge in [0.15, 0.2) is 5.96 Å². The van der Waals surface area contributed by atoms with E-state index in [-0.39, 0.29) is 0 Å². The number of guanidine groups is 1. The van der Waals surface area contributed by atoms with Crippen LogP contribution in [0.4, 0.5) is 0 Å². The molecule has 1 aromatic rings. The quantitative estimate of drug-likeness (QED) is 0.360. The van der Waals surface area contributed by atoms with Crippen LogP contribution < -0.4 is 10.1 Å². The van der Waals surface area contributed by atoms with Gasteiger partial charge in [-0.1, -0.05) is 24.3 Å². The molecule has 1 aromatic carbocycles. The second-order valence-corrected chi connectivity index (χ2v) is 4.57. The maximum Gasteiger partial charge on any atom is 0.193 e. The molecule has 0 aliphatic carbocycles. The maximum absolute atomic E-state index is 5.35. The number of unbranched alkanes of at least 4 members (excludes halogenated alkanes) is 1. The van der Waals surface area contributed by atoms with Gasteiger partial charge < -0.3 is 15.0 Å². The van der Waals surface area contributed by atoms with Gasteiger partial charge in [-0.25, -0.2) is 0 Å². The molecule has 20 heavy (non-hydrogen) atoms. The molecule has 0 spiro atoms. The second-order valence-electron chi connectivity index (χ2n) is 4.57. The summed E-state index contributed by atoms with van der Waals surface area (Å²) in [6.07, 6.45) is 4.04. The Kier molecular flexibility index (Phi) is 7.25. The zero-order valence-electron chi connectivity index (χ0n) is 12.7. The zero-order chi connectivity index (χ0) is 14.8. The lowest BCUT2D eigenvalue weighted by Crippen LogP contribution is -2.39. The molecule has 0 saturated heterocycles. The summed E-state index contributed by atoms with van der Waals surface area (Å²) in [5, 5.41) is 3.36. The number of aliphatic imine (C=N–C) groups is 1. The molecule has 0 atom stereocenters. The molecule has 0 aliphatic heterocycles. The summed E-state index contributed by atoms with van der Waals surface area (Å²) >= 11 is 0. The van der Waals surface area contributed by atoms with E-state index < -0.39 is 0 Å². The van der Waals surface area contributed by atoms with E-state index in [4.69, 9.17) is 4.74 Å². The van der Waals surface area contributed by atoms with Gasteiger partial charge in [0, 0.05) is 32.7 Å². The van der Waals surface area contributed by atoms with E-state index in [1.807, 2.05) is 31.3 Å². The molecule has 0 saturated carbocycles. The number of allylic oxidation sites excluding steroid dienone is 1. The smallest absolute Gasteiger partial charge is 0.193 e. The predicted octanol–water partition coefficient (Wildman–Crippen LogP) is 2.67. The van der Waals surface area contributed by atoms with Gasteiger partial charge in [-0.05, 0) is 18.9 Å². The highest BCUT2D eigenvalue weighted by Crippen LogP contribution is 2.16. The van der Waals surface area contributed by atoms with Gasteiger partial charge in [0.25, 0.3) is 0 Å². The number of methoxy groups -OCH3 is 1. The average molecular weight is 275 g/mol. The molecule has 0 radical (unpaired) electrons. The molecule has 0 amide bonds. The van der Waals surface area contributed by atoms with Gasteiger partial charge >= 0.3 is 0 Å². The van der Waals surface area contributed by atoms with Crippen molar-refractivity contribution in [3.05, 3.63) is 42.5 Å². The third kappa shape index (κ3) is 4.96. The van der Waals surface area contributed by atoms with E-state index in [1.165, 1.54) is 0 Å². The summed E-state index contributed by atoms with van der Waals surface area (Å²) in [6, 6.07) is 8.00. The molecule has 110 valence electrons. The standard InChI is InChI=1S/C16H25N3O/c1-5-6-9-12-19(3)16(17-2)18-13-14-10-7-8-11-15(14)20-4/h5,7-8,10-11H,1,6,9,12-13H2,2-4H3,(H,17,18). The topological polar surface area (TPSA) is 36.9 Å². The highest BCUT2D eigenvalue weighted by molar-refractivity contribution is 5.79. The van der Waals surface area contributed by atoms with Gasteiger partial charge in [0.05, 0.1) is 7.11 Å². The SMILES string of the molecule is C=CCCCN(C)C(=NC)NCc1ccccc1OC. The minimum Gasteiger partial charge on any atom is -0.496 e. The number of hydrogen-bond donors (Lipinski definition) is 1. The number of benzene rings is 1. The Morgan fingerprint density at radius 3 is 2.85 bits per heavy atom. The van der Waals surface area contributed by atoms with Crippen molar-refractivity contribution in [3.63, 3.8) is 0 Å². The molecule has 1 rings (SSSR count). The normalized spacial score (nSPS) is 11.1. The minimum atomic E-state index is 0.697. The summed E-state index contributed by atoms with van der Waals surface area (Å²) in [5.41, 5.74) is 1.12. The maximum atomic E-state index is 5.35. The summed E-state index contributed by atoms with van der Waals surface area (Å²) in [5.74, 6) is 1.78. The van der Waals surface area contributed by atoms with Crippen molar-refractivity contribution in [2.75, 3.05) is 27.7 Å². The number of nitrogens with one attached hydrogen (secondary N) is 1. The van der Waals surface area contributed by atoms with E-state index in [9.17, 15) is 0 Å². The molecule has 4 nitrogen and oxygen atoms in total. The van der Waals surface area contributed by atoms with Crippen molar-refractivity contribution in [2.45, 2.75) is 19.4 Å². The highest BCUT2D eigenvalue weighted by atomic mass is 16.5. The van der Waals surface area contributed by atoms with Gasteiger partial charge in [0.1, 0.15) is 5.75 Å². The van der Waals surface area contributed by atoms with Gasteiger partial charge in [0.2, 0.25) is 0 Å². The fraction of sp³-hybridized carbons (Fsp3) is 0.438. The van der Waals surface area contributed by atoms with E-state index in [0.717, 1.165) is 36.7 Å². The van der Waals surface area contributed by atoms with Crippen LogP contribution in [-0.4, -0.2) is 38.6 Å². The lowest BCUT2D eigenvalue weighted by atomic mass is 10.2. The molecule has 0 unspecified atom stereocenters. The van der Waals surface area contributed by atoms with Crippen molar-refractivity contribution >= 4 is 5.96 Å². The first-order chi connectivity index (χ1) is 9.72. The van der Waals surface area contributed by atoms with Gasteiger partial charge in [-0.15, -0.1) is 6.58 Å². The van der Waals surface area contributed by atoms with Crippen molar-refractivity contribution in [1.29, 1.82) is 0 Å². The number of para-hydroxylation sites is 1. The second kappa shape index (κ2) is 9.02. The first-order valence-corrected chi connectivity index (χ1v) is 6.87.